The van der Waals surface area contributed by atoms with E-state index in [-0.39, 0.29) is 29.8 Å². The van der Waals surface area contributed by atoms with E-state index >= 15 is 0 Å². The Labute approximate surface area is 218 Å². The van der Waals surface area contributed by atoms with Gasteiger partial charge in [-0.05, 0) is 38.5 Å². The predicted molar refractivity (Wildman–Crippen MR) is 139 cm³/mol. The summed E-state index contributed by atoms with van der Waals surface area (Å²) in [5, 5.41) is 0. The Balaban J connectivity index is -0.000000114. The van der Waals surface area contributed by atoms with E-state index in [0.29, 0.717) is 32.3 Å². The molecule has 216 valence electrons. The van der Waals surface area contributed by atoms with Crippen LogP contribution in [0.4, 0.5) is 0 Å². The summed E-state index contributed by atoms with van der Waals surface area (Å²) in [7, 11) is 1.35. The summed E-state index contributed by atoms with van der Waals surface area (Å²) in [4.78, 5) is 49.8. The Morgan fingerprint density at radius 3 is 1.11 bits per heavy atom. The van der Waals surface area contributed by atoms with Gasteiger partial charge in [0.05, 0.1) is 33.5 Å². The van der Waals surface area contributed by atoms with E-state index in [2.05, 4.69) is 39.7 Å². The maximum atomic E-state index is 10.3. The minimum atomic E-state index is -0.245. The van der Waals surface area contributed by atoms with Crippen molar-refractivity contribution in [3.05, 3.63) is 0 Å². The van der Waals surface area contributed by atoms with E-state index < -0.39 is 0 Å². The van der Waals surface area contributed by atoms with E-state index in [1.54, 1.807) is 6.92 Å². The van der Waals surface area contributed by atoms with Crippen molar-refractivity contribution in [3.8, 4) is 0 Å². The number of hydrogen-bond donors (Lipinski definition) is 0. The van der Waals surface area contributed by atoms with Crippen LogP contribution in [0.15, 0.2) is 0 Å². The second-order valence-electron chi connectivity index (χ2n) is 7.53. The zero-order valence-corrected chi connectivity index (χ0v) is 24.5. The first-order valence-corrected chi connectivity index (χ1v) is 12.3. The number of ether oxygens (including phenoxy) is 5. The van der Waals surface area contributed by atoms with Crippen molar-refractivity contribution >= 4 is 29.8 Å². The normalized spacial score (nSPS) is 8.56. The molecule has 0 spiro atoms. The first-order valence-electron chi connectivity index (χ1n) is 12.3. The van der Waals surface area contributed by atoms with Crippen LogP contribution in [0.3, 0.4) is 0 Å². The first-order chi connectivity index (χ1) is 16.7. The maximum Gasteiger partial charge on any atom is 0.302 e. The molecule has 0 heterocycles. The summed E-state index contributed by atoms with van der Waals surface area (Å²) < 4.78 is 22.5. The van der Waals surface area contributed by atoms with Gasteiger partial charge in [-0.3, -0.25) is 24.0 Å². The molecule has 0 saturated heterocycles. The van der Waals surface area contributed by atoms with Crippen molar-refractivity contribution in [2.75, 3.05) is 33.5 Å². The Morgan fingerprint density at radius 1 is 0.556 bits per heavy atom. The lowest BCUT2D eigenvalue weighted by molar-refractivity contribution is -0.142. The molecule has 0 aromatic heterocycles. The molecular weight excluding hydrogens is 472 g/mol. The molecule has 0 aromatic rings. The Bertz CT molecular complexity index is 531. The van der Waals surface area contributed by atoms with Gasteiger partial charge in [0.1, 0.15) is 0 Å². The molecule has 0 atom stereocenters. The smallest absolute Gasteiger partial charge is 0.302 e. The molecule has 36 heavy (non-hydrogen) atoms. The molecule has 0 bridgehead atoms. The monoisotopic (exact) mass is 524 g/mol. The zero-order valence-electron chi connectivity index (χ0n) is 24.5. The van der Waals surface area contributed by atoms with Crippen LogP contribution in [0.2, 0.25) is 0 Å². The summed E-state index contributed by atoms with van der Waals surface area (Å²) in [5.74, 6) is -0.304. The topological polar surface area (TPSA) is 132 Å². The van der Waals surface area contributed by atoms with Gasteiger partial charge in [0.15, 0.2) is 0 Å². The summed E-state index contributed by atoms with van der Waals surface area (Å²) >= 11 is 0. The Kier molecular flexibility index (Phi) is 44.5. The van der Waals surface area contributed by atoms with Gasteiger partial charge in [0.25, 0.3) is 0 Å². The highest BCUT2D eigenvalue weighted by Gasteiger charge is 1.95. The molecule has 0 fully saturated rings. The van der Waals surface area contributed by atoms with E-state index in [9.17, 15) is 24.0 Å². The molecule has 10 heteroatoms. The van der Waals surface area contributed by atoms with Gasteiger partial charge in [-0.2, -0.15) is 0 Å². The molecule has 0 amide bonds. The fourth-order valence-electron chi connectivity index (χ4n) is 1.52. The summed E-state index contributed by atoms with van der Waals surface area (Å²) in [5.41, 5.74) is 0. The van der Waals surface area contributed by atoms with Gasteiger partial charge in [0, 0.05) is 34.6 Å². The summed E-state index contributed by atoms with van der Waals surface area (Å²) in [6.07, 6.45) is 5.07. The third-order valence-electron chi connectivity index (χ3n) is 3.18. The Morgan fingerprint density at radius 2 is 0.917 bits per heavy atom. The van der Waals surface area contributed by atoms with Gasteiger partial charge in [-0.1, -0.05) is 34.1 Å². The van der Waals surface area contributed by atoms with Crippen molar-refractivity contribution < 1.29 is 47.7 Å². The number of hydrogen-bond acceptors (Lipinski definition) is 10. The predicted octanol–water partition coefficient (Wildman–Crippen LogP) is 5.04. The fraction of sp³-hybridized carbons (Fsp3) is 0.808. The van der Waals surface area contributed by atoms with Crippen molar-refractivity contribution in [1.82, 2.24) is 0 Å². The fourth-order valence-corrected chi connectivity index (χ4v) is 1.52. The molecule has 0 aliphatic rings. The van der Waals surface area contributed by atoms with E-state index in [1.165, 1.54) is 41.7 Å². The lowest BCUT2D eigenvalue weighted by Crippen LogP contribution is -2.01. The van der Waals surface area contributed by atoms with Crippen molar-refractivity contribution in [3.63, 3.8) is 0 Å². The second-order valence-corrected chi connectivity index (χ2v) is 7.53. The van der Waals surface area contributed by atoms with Crippen LogP contribution < -0.4 is 0 Å². The number of methoxy groups -OCH3 is 1. The number of esters is 5. The van der Waals surface area contributed by atoms with E-state index in [4.69, 9.17) is 4.74 Å². The van der Waals surface area contributed by atoms with E-state index in [1.807, 2.05) is 6.92 Å². The van der Waals surface area contributed by atoms with Gasteiger partial charge in [0.2, 0.25) is 0 Å². The molecule has 0 rings (SSSR count). The highest BCUT2D eigenvalue weighted by atomic mass is 16.5. The van der Waals surface area contributed by atoms with Crippen LogP contribution in [0.5, 0.6) is 0 Å². The van der Waals surface area contributed by atoms with Crippen molar-refractivity contribution in [2.24, 2.45) is 5.92 Å². The van der Waals surface area contributed by atoms with Crippen molar-refractivity contribution in [1.29, 1.82) is 0 Å². The van der Waals surface area contributed by atoms with Crippen molar-refractivity contribution in [2.45, 2.75) is 101 Å². The first kappa shape index (κ1) is 43.4. The average molecular weight is 525 g/mol. The number of unbranched alkanes of at least 4 members (excludes halogenated alkanes) is 1. The third-order valence-corrected chi connectivity index (χ3v) is 3.18. The van der Waals surface area contributed by atoms with Gasteiger partial charge in [-0.25, -0.2) is 0 Å². The zero-order chi connectivity index (χ0) is 29.4. The van der Waals surface area contributed by atoms with Crippen LogP contribution >= 0.6 is 0 Å². The van der Waals surface area contributed by atoms with Crippen LogP contribution in [-0.4, -0.2) is 63.4 Å². The Hall–Kier alpha value is -2.65. The highest BCUT2D eigenvalue weighted by Crippen LogP contribution is 2.02. The minimum Gasteiger partial charge on any atom is -0.469 e. The molecule has 0 saturated carbocycles. The SMILES string of the molecule is CC(=O)OCCCC(C)C.CCCCOC(C)=O.CCCOC(C)=O.CCOC(C)=O.COC(C)=O. The number of carbonyl (C=O) groups is 5. The minimum absolute atomic E-state index is 0.177. The molecule has 0 aliphatic carbocycles. The number of rotatable bonds is 10. The number of carbonyl (C=O) groups excluding carboxylic acids is 5. The summed E-state index contributed by atoms with van der Waals surface area (Å²) in [6, 6.07) is 0. The largest absolute Gasteiger partial charge is 0.469 e. The lowest BCUT2D eigenvalue weighted by atomic mass is 10.1. The van der Waals surface area contributed by atoms with Crippen LogP contribution in [0, 0.1) is 5.92 Å². The molecule has 0 N–H and O–H groups in total. The van der Waals surface area contributed by atoms with Crippen LogP contribution in [0.1, 0.15) is 101 Å². The molecule has 0 aromatic carbocycles. The van der Waals surface area contributed by atoms with Crippen LogP contribution in [-0.2, 0) is 47.7 Å². The van der Waals surface area contributed by atoms with Gasteiger partial charge in [-0.15, -0.1) is 0 Å². The molecule has 0 radical (unpaired) electrons. The van der Waals surface area contributed by atoms with E-state index in [0.717, 1.165) is 32.1 Å². The van der Waals surface area contributed by atoms with Gasteiger partial charge >= 0.3 is 29.8 Å². The van der Waals surface area contributed by atoms with Crippen LogP contribution in [0.25, 0.3) is 0 Å². The molecule has 10 nitrogen and oxygen atoms in total. The molecule has 0 aliphatic heterocycles. The standard InChI is InChI=1S/C8H16O2.C6H12O2.C5H10O2.C4H8O2.C3H6O2/c1-7(2)5-4-6-10-8(3)9;1-3-4-5-8-6(2)7;1-3-4-7-5(2)6;1-3-6-4(2)5;1-3(4)5-2/h7H,4-6H2,1-3H3;3-5H2,1-2H3;3-4H2,1-2H3;3H2,1-2H3;1-2H3. The highest BCUT2D eigenvalue weighted by molar-refractivity contribution is 5.66. The molecular formula is C26H52O10. The third kappa shape index (κ3) is 85.8. The lowest BCUT2D eigenvalue weighted by Gasteiger charge is -2.03. The quantitative estimate of drug-likeness (QED) is 0.217. The summed E-state index contributed by atoms with van der Waals surface area (Å²) in [6.45, 7) is 19.3. The second kappa shape index (κ2) is 36.9. The maximum absolute atomic E-state index is 10.3. The molecule has 0 unspecified atom stereocenters. The van der Waals surface area contributed by atoms with Gasteiger partial charge < -0.3 is 23.7 Å². The average Bonchev–Trinajstić information content (AvgIpc) is 2.76.